The molecule has 0 bridgehead atoms. The van der Waals surface area contributed by atoms with Gasteiger partial charge in [-0.05, 0) is 6.42 Å². The zero-order chi connectivity index (χ0) is 31.0. The SMILES string of the molecule is NC[C@@H]1O[C@H](O[C@H]2[C@H](O[C@@H]3O[C@H](CO)[C@@H](O[C@H]4O[C@@H](CN)[C@@H](O)[C@@H](O)[C@H]4N)[C@H]3O)[C@H](O)[C@@H](N)C[C@H]2N)[C@H](N)[C@H](O)[C@@H]1O. The molecule has 19 nitrogen and oxygen atoms in total. The van der Waals surface area contributed by atoms with Crippen molar-refractivity contribution in [3.8, 4) is 0 Å². The maximum Gasteiger partial charge on any atom is 0.187 e. The molecular formula is C23H46N6O13. The van der Waals surface area contributed by atoms with E-state index >= 15 is 0 Å². The van der Waals surface area contributed by atoms with E-state index in [4.69, 9.17) is 62.8 Å². The van der Waals surface area contributed by atoms with Crippen LogP contribution in [0.15, 0.2) is 0 Å². The Hall–Kier alpha value is -0.760. The molecule has 4 aliphatic rings. The van der Waals surface area contributed by atoms with Gasteiger partial charge in [0, 0.05) is 25.2 Å². The quantitative estimate of drug-likeness (QED) is 0.115. The highest BCUT2D eigenvalue weighted by molar-refractivity contribution is 5.02. The van der Waals surface area contributed by atoms with Crippen molar-refractivity contribution >= 4 is 0 Å². The van der Waals surface area contributed by atoms with Crippen molar-refractivity contribution in [3.63, 3.8) is 0 Å². The zero-order valence-corrected chi connectivity index (χ0v) is 22.8. The molecule has 4 rings (SSSR count). The number of ether oxygens (including phenoxy) is 6. The summed E-state index contributed by atoms with van der Waals surface area (Å²) in [5.41, 5.74) is 35.6. The van der Waals surface area contributed by atoms with Crippen molar-refractivity contribution in [2.75, 3.05) is 19.7 Å². The third-order valence-corrected chi connectivity index (χ3v) is 8.37. The summed E-state index contributed by atoms with van der Waals surface area (Å²) in [5, 5.41) is 73.0. The van der Waals surface area contributed by atoms with Crippen molar-refractivity contribution in [2.45, 2.75) is 123 Å². The molecule has 1 saturated carbocycles. The number of hydrogen-bond donors (Lipinski definition) is 13. The van der Waals surface area contributed by atoms with Crippen LogP contribution in [-0.2, 0) is 28.4 Å². The van der Waals surface area contributed by atoms with Crippen LogP contribution in [0.2, 0.25) is 0 Å². The predicted molar refractivity (Wildman–Crippen MR) is 138 cm³/mol. The lowest BCUT2D eigenvalue weighted by Gasteiger charge is -2.47. The van der Waals surface area contributed by atoms with Crippen LogP contribution in [0.5, 0.6) is 0 Å². The minimum absolute atomic E-state index is 0.0889. The lowest BCUT2D eigenvalue weighted by Crippen LogP contribution is -2.68. The number of aliphatic hydroxyl groups is 7. The van der Waals surface area contributed by atoms with Gasteiger partial charge in [0.2, 0.25) is 0 Å². The number of aliphatic hydroxyl groups excluding tert-OH is 7. The van der Waals surface area contributed by atoms with Gasteiger partial charge >= 0.3 is 0 Å². The Morgan fingerprint density at radius 2 is 0.976 bits per heavy atom. The molecule has 246 valence electrons. The van der Waals surface area contributed by atoms with Crippen LogP contribution in [0, 0.1) is 0 Å². The fraction of sp³-hybridized carbons (Fsp3) is 1.00. The summed E-state index contributed by atoms with van der Waals surface area (Å²) in [6.45, 7) is -0.967. The Balaban J connectivity index is 1.50. The van der Waals surface area contributed by atoms with Crippen LogP contribution in [-0.4, -0.2) is 172 Å². The Bertz CT molecular complexity index is 868. The first-order valence-corrected chi connectivity index (χ1v) is 13.9. The fourth-order valence-electron chi connectivity index (χ4n) is 5.74. The van der Waals surface area contributed by atoms with Crippen molar-refractivity contribution in [3.05, 3.63) is 0 Å². The molecule has 19 heteroatoms. The van der Waals surface area contributed by atoms with E-state index < -0.39 is 123 Å². The summed E-state index contributed by atoms with van der Waals surface area (Å²) in [4.78, 5) is 0. The molecule has 1 aliphatic carbocycles. The average molecular weight is 615 g/mol. The zero-order valence-electron chi connectivity index (χ0n) is 22.8. The van der Waals surface area contributed by atoms with Gasteiger partial charge in [0.15, 0.2) is 18.9 Å². The molecule has 3 heterocycles. The van der Waals surface area contributed by atoms with Gasteiger partial charge in [-0.1, -0.05) is 0 Å². The average Bonchev–Trinajstić information content (AvgIpc) is 3.27. The molecule has 19 atom stereocenters. The molecule has 4 fully saturated rings. The summed E-state index contributed by atoms with van der Waals surface area (Å²) >= 11 is 0. The second kappa shape index (κ2) is 14.1. The normalized spacial score (nSPS) is 53.8. The van der Waals surface area contributed by atoms with Gasteiger partial charge in [-0.25, -0.2) is 0 Å². The van der Waals surface area contributed by atoms with Crippen LogP contribution < -0.4 is 34.4 Å². The molecule has 0 aromatic heterocycles. The first-order chi connectivity index (χ1) is 19.8. The topological polar surface area (TPSA) is 353 Å². The van der Waals surface area contributed by atoms with Crippen LogP contribution in [0.1, 0.15) is 6.42 Å². The standard InChI is InChI=1S/C23H46N6O13/c24-2-7-13(32)15(34)10(28)21(37-7)40-18-6(27)1-5(26)12(31)20(18)42-23-17(36)19(9(4-30)39-23)41-22-11(29)16(35)14(33)8(3-25)38-22/h5-23,30-36H,1-4,24-29H2/t5-,6+,7-,8-,9+,10+,11+,12+,13+,14+,15-,16-,17+,18+,19+,20+,21+,22+,23-/m0/s1. The van der Waals surface area contributed by atoms with Gasteiger partial charge in [-0.3, -0.25) is 0 Å². The third kappa shape index (κ3) is 6.60. The van der Waals surface area contributed by atoms with Crippen molar-refractivity contribution in [1.29, 1.82) is 0 Å². The second-order valence-corrected chi connectivity index (χ2v) is 11.2. The molecule has 0 amide bonds. The highest BCUT2D eigenvalue weighted by atomic mass is 16.8. The minimum atomic E-state index is -1.60. The van der Waals surface area contributed by atoms with Gasteiger partial charge in [0.1, 0.15) is 67.1 Å². The maximum absolute atomic E-state index is 11.1. The monoisotopic (exact) mass is 614 g/mol. The highest BCUT2D eigenvalue weighted by Crippen LogP contribution is 2.34. The van der Waals surface area contributed by atoms with E-state index in [2.05, 4.69) is 0 Å². The summed E-state index contributed by atoms with van der Waals surface area (Å²) < 4.78 is 34.6. The molecule has 3 saturated heterocycles. The van der Waals surface area contributed by atoms with Crippen molar-refractivity contribution in [1.82, 2.24) is 0 Å². The largest absolute Gasteiger partial charge is 0.394 e. The molecule has 19 N–H and O–H groups in total. The fourth-order valence-corrected chi connectivity index (χ4v) is 5.74. The summed E-state index contributed by atoms with van der Waals surface area (Å²) in [6.07, 6.45) is -19.8. The van der Waals surface area contributed by atoms with Gasteiger partial charge in [0.25, 0.3) is 0 Å². The Labute approximate surface area is 241 Å². The predicted octanol–water partition coefficient (Wildman–Crippen LogP) is -8.90. The van der Waals surface area contributed by atoms with E-state index in [1.54, 1.807) is 0 Å². The van der Waals surface area contributed by atoms with Crippen LogP contribution in [0.4, 0.5) is 0 Å². The molecule has 0 spiro atoms. The number of nitrogens with two attached hydrogens (primary N) is 6. The van der Waals surface area contributed by atoms with Crippen LogP contribution in [0.3, 0.4) is 0 Å². The van der Waals surface area contributed by atoms with E-state index in [9.17, 15) is 35.7 Å². The smallest absolute Gasteiger partial charge is 0.187 e. The number of hydrogen-bond acceptors (Lipinski definition) is 19. The second-order valence-electron chi connectivity index (χ2n) is 11.2. The lowest BCUT2D eigenvalue weighted by atomic mass is 9.84. The molecule has 3 aliphatic heterocycles. The minimum Gasteiger partial charge on any atom is -0.394 e. The first kappa shape index (κ1) is 34.1. The summed E-state index contributed by atoms with van der Waals surface area (Å²) in [7, 11) is 0. The summed E-state index contributed by atoms with van der Waals surface area (Å²) in [6, 6.07) is -4.18. The van der Waals surface area contributed by atoms with Crippen LogP contribution >= 0.6 is 0 Å². The van der Waals surface area contributed by atoms with Crippen molar-refractivity contribution < 1.29 is 64.2 Å². The molecule has 0 unspecified atom stereocenters. The highest BCUT2D eigenvalue weighted by Gasteiger charge is 2.54. The Morgan fingerprint density at radius 1 is 0.524 bits per heavy atom. The van der Waals surface area contributed by atoms with E-state index in [-0.39, 0.29) is 19.5 Å². The maximum atomic E-state index is 11.1. The van der Waals surface area contributed by atoms with Gasteiger partial charge < -0.3 is 98.6 Å². The Kier molecular flexibility index (Phi) is 11.5. The third-order valence-electron chi connectivity index (χ3n) is 8.37. The van der Waals surface area contributed by atoms with Gasteiger partial charge in [-0.15, -0.1) is 0 Å². The Morgan fingerprint density at radius 3 is 1.45 bits per heavy atom. The molecule has 42 heavy (non-hydrogen) atoms. The van der Waals surface area contributed by atoms with Gasteiger partial charge in [-0.2, -0.15) is 0 Å². The van der Waals surface area contributed by atoms with E-state index in [1.807, 2.05) is 0 Å². The molecule has 0 aromatic rings. The molecule has 0 aromatic carbocycles. The van der Waals surface area contributed by atoms with Gasteiger partial charge in [0.05, 0.1) is 24.8 Å². The van der Waals surface area contributed by atoms with E-state index in [0.717, 1.165) is 0 Å². The van der Waals surface area contributed by atoms with Crippen molar-refractivity contribution in [2.24, 2.45) is 34.4 Å². The van der Waals surface area contributed by atoms with Crippen LogP contribution in [0.25, 0.3) is 0 Å². The van der Waals surface area contributed by atoms with E-state index in [0.29, 0.717) is 0 Å². The number of rotatable bonds is 9. The van der Waals surface area contributed by atoms with E-state index in [1.165, 1.54) is 0 Å². The lowest BCUT2D eigenvalue weighted by molar-refractivity contribution is -0.306. The molecule has 0 radical (unpaired) electrons. The summed E-state index contributed by atoms with van der Waals surface area (Å²) in [5.74, 6) is 0. The molecular weight excluding hydrogens is 568 g/mol. The first-order valence-electron chi connectivity index (χ1n) is 13.9.